The first-order valence-electron chi connectivity index (χ1n) is 6.43. The molecule has 3 nitrogen and oxygen atoms in total. The van der Waals surface area contributed by atoms with Crippen LogP contribution in [0.5, 0.6) is 0 Å². The number of nitrogens with one attached hydrogen (secondary N) is 1. The van der Waals surface area contributed by atoms with Crippen LogP contribution in [0.2, 0.25) is 0 Å². The van der Waals surface area contributed by atoms with Gasteiger partial charge in [0.15, 0.2) is 0 Å². The number of benzene rings is 2. The van der Waals surface area contributed by atoms with Crippen LogP contribution in [0.1, 0.15) is 21.5 Å². The monoisotopic (exact) mass is 267 g/mol. The molecule has 3 heteroatoms. The molecule has 0 atom stereocenters. The average Bonchev–Trinajstić information content (AvgIpc) is 2.49. The van der Waals surface area contributed by atoms with Crippen LogP contribution in [0.15, 0.2) is 60.3 Å². The van der Waals surface area contributed by atoms with Gasteiger partial charge in [0.2, 0.25) is 0 Å². The van der Waals surface area contributed by atoms with Crippen molar-refractivity contribution in [2.75, 3.05) is 6.61 Å². The summed E-state index contributed by atoms with van der Waals surface area (Å²) in [6, 6.07) is 16.8. The Bertz CT molecular complexity index is 601. The molecule has 0 bridgehead atoms. The summed E-state index contributed by atoms with van der Waals surface area (Å²) in [6.45, 7) is 1.80. The smallest absolute Gasteiger partial charge is 0.255 e. The number of rotatable bonds is 4. The lowest BCUT2D eigenvalue weighted by atomic mass is 10.1. The van der Waals surface area contributed by atoms with Crippen LogP contribution in [-0.4, -0.2) is 17.6 Å². The first kappa shape index (κ1) is 14.0. The number of aliphatic hydroxyl groups excluding tert-OH is 1. The molecule has 0 fully saturated rings. The van der Waals surface area contributed by atoms with Gasteiger partial charge in [-0.3, -0.25) is 4.79 Å². The lowest BCUT2D eigenvalue weighted by Crippen LogP contribution is -2.24. The molecule has 102 valence electrons. The van der Waals surface area contributed by atoms with E-state index in [0.29, 0.717) is 11.3 Å². The van der Waals surface area contributed by atoms with E-state index in [1.165, 1.54) is 5.56 Å². The second-order valence-corrected chi connectivity index (χ2v) is 4.56. The summed E-state index contributed by atoms with van der Waals surface area (Å²) in [7, 11) is 0. The zero-order valence-electron chi connectivity index (χ0n) is 11.3. The number of carbonyl (C=O) groups is 1. The zero-order chi connectivity index (χ0) is 14.4. The fourth-order valence-electron chi connectivity index (χ4n) is 1.79. The second-order valence-electron chi connectivity index (χ2n) is 4.56. The van der Waals surface area contributed by atoms with E-state index in [-0.39, 0.29) is 12.5 Å². The molecule has 0 unspecified atom stereocenters. The fourth-order valence-corrected chi connectivity index (χ4v) is 1.79. The van der Waals surface area contributed by atoms with E-state index in [1.54, 1.807) is 30.3 Å². The maximum absolute atomic E-state index is 12.0. The lowest BCUT2D eigenvalue weighted by Gasteiger charge is -2.07. The predicted octanol–water partition coefficient (Wildman–Crippen LogP) is 2.76. The second kappa shape index (κ2) is 6.68. The van der Waals surface area contributed by atoms with Gasteiger partial charge in [-0.05, 0) is 30.7 Å². The highest BCUT2D eigenvalue weighted by Gasteiger charge is 2.06. The number of aryl methyl sites for hydroxylation is 1. The maximum atomic E-state index is 12.0. The molecule has 0 aliphatic carbocycles. The molecule has 0 aliphatic heterocycles. The van der Waals surface area contributed by atoms with Gasteiger partial charge in [-0.2, -0.15) is 0 Å². The lowest BCUT2D eigenvalue weighted by molar-refractivity contribution is 0.0960. The number of amides is 1. The molecule has 0 saturated carbocycles. The minimum atomic E-state index is -0.224. The van der Waals surface area contributed by atoms with Crippen molar-refractivity contribution >= 4 is 12.0 Å². The summed E-state index contributed by atoms with van der Waals surface area (Å²) < 4.78 is 0. The summed E-state index contributed by atoms with van der Waals surface area (Å²) in [5, 5.41) is 12.1. The number of hydrogen-bond acceptors (Lipinski definition) is 2. The van der Waals surface area contributed by atoms with E-state index in [1.807, 2.05) is 37.3 Å². The van der Waals surface area contributed by atoms with Gasteiger partial charge in [-0.25, -0.2) is 0 Å². The van der Waals surface area contributed by atoms with Crippen molar-refractivity contribution in [3.63, 3.8) is 0 Å². The van der Waals surface area contributed by atoms with Gasteiger partial charge < -0.3 is 10.4 Å². The molecular formula is C17H17NO2. The molecule has 0 heterocycles. The van der Waals surface area contributed by atoms with Crippen molar-refractivity contribution in [1.82, 2.24) is 5.32 Å². The number of hydrogen-bond donors (Lipinski definition) is 2. The molecule has 2 aromatic carbocycles. The van der Waals surface area contributed by atoms with E-state index in [9.17, 15) is 9.90 Å². The highest BCUT2D eigenvalue weighted by atomic mass is 16.3. The van der Waals surface area contributed by atoms with Crippen molar-refractivity contribution < 1.29 is 9.90 Å². The number of carbonyl (C=O) groups excluding carboxylic acids is 1. The van der Waals surface area contributed by atoms with Crippen molar-refractivity contribution in [3.05, 3.63) is 77.0 Å². The van der Waals surface area contributed by atoms with Crippen LogP contribution in [-0.2, 0) is 0 Å². The van der Waals surface area contributed by atoms with E-state index in [2.05, 4.69) is 5.32 Å². The van der Waals surface area contributed by atoms with Crippen molar-refractivity contribution in [1.29, 1.82) is 0 Å². The van der Waals surface area contributed by atoms with Gasteiger partial charge in [0.1, 0.15) is 0 Å². The Balaban J connectivity index is 2.13. The van der Waals surface area contributed by atoms with E-state index in [0.717, 1.165) is 5.56 Å². The topological polar surface area (TPSA) is 49.3 Å². The Kier molecular flexibility index (Phi) is 4.69. The molecular weight excluding hydrogens is 250 g/mol. The highest BCUT2D eigenvalue weighted by Crippen LogP contribution is 2.08. The molecule has 2 N–H and O–H groups in total. The highest BCUT2D eigenvalue weighted by molar-refractivity contribution is 5.95. The average molecular weight is 267 g/mol. The van der Waals surface area contributed by atoms with Crippen molar-refractivity contribution in [3.8, 4) is 0 Å². The summed E-state index contributed by atoms with van der Waals surface area (Å²) >= 11 is 0. The van der Waals surface area contributed by atoms with Gasteiger partial charge in [-0.1, -0.05) is 48.0 Å². The SMILES string of the molecule is Cc1ccc(/C=C(/CO)NC(=O)c2ccccc2)cc1. The molecule has 0 saturated heterocycles. The first-order chi connectivity index (χ1) is 9.69. The van der Waals surface area contributed by atoms with Crippen LogP contribution in [0.3, 0.4) is 0 Å². The summed E-state index contributed by atoms with van der Waals surface area (Å²) in [5.41, 5.74) is 3.15. The molecule has 0 aromatic heterocycles. The van der Waals surface area contributed by atoms with Gasteiger partial charge in [-0.15, -0.1) is 0 Å². The molecule has 0 aliphatic rings. The molecule has 2 aromatic rings. The first-order valence-corrected chi connectivity index (χ1v) is 6.43. The van der Waals surface area contributed by atoms with Gasteiger partial charge >= 0.3 is 0 Å². The Hall–Kier alpha value is -2.39. The third-order valence-corrected chi connectivity index (χ3v) is 2.90. The van der Waals surface area contributed by atoms with Crippen molar-refractivity contribution in [2.45, 2.75) is 6.92 Å². The Morgan fingerprint density at radius 1 is 1.10 bits per heavy atom. The summed E-state index contributed by atoms with van der Waals surface area (Å²) in [4.78, 5) is 12.0. The van der Waals surface area contributed by atoms with Crippen LogP contribution in [0.25, 0.3) is 6.08 Å². The van der Waals surface area contributed by atoms with E-state index in [4.69, 9.17) is 0 Å². The summed E-state index contributed by atoms with van der Waals surface area (Å²) in [6.07, 6.45) is 1.76. The summed E-state index contributed by atoms with van der Waals surface area (Å²) in [5.74, 6) is -0.224. The molecule has 2 rings (SSSR count). The minimum Gasteiger partial charge on any atom is -0.390 e. The molecule has 1 amide bonds. The Labute approximate surface area is 118 Å². The normalized spacial score (nSPS) is 11.2. The Morgan fingerprint density at radius 3 is 2.35 bits per heavy atom. The van der Waals surface area contributed by atoms with Crippen LogP contribution in [0.4, 0.5) is 0 Å². The third-order valence-electron chi connectivity index (χ3n) is 2.90. The quantitative estimate of drug-likeness (QED) is 0.895. The van der Waals surface area contributed by atoms with Crippen LogP contribution in [0, 0.1) is 6.92 Å². The molecule has 0 spiro atoms. The van der Waals surface area contributed by atoms with Gasteiger partial charge in [0.05, 0.1) is 6.61 Å². The van der Waals surface area contributed by atoms with Gasteiger partial charge in [0.25, 0.3) is 5.91 Å². The standard InChI is InChI=1S/C17H17NO2/c1-13-7-9-14(10-8-13)11-16(12-19)18-17(20)15-5-3-2-4-6-15/h2-11,19H,12H2,1H3,(H,18,20)/b16-11-. The molecule has 0 radical (unpaired) electrons. The predicted molar refractivity (Wildman–Crippen MR) is 80.2 cm³/mol. The third kappa shape index (κ3) is 3.80. The maximum Gasteiger partial charge on any atom is 0.255 e. The Morgan fingerprint density at radius 2 is 1.75 bits per heavy atom. The fraction of sp³-hybridized carbons (Fsp3) is 0.118. The minimum absolute atomic E-state index is 0.216. The van der Waals surface area contributed by atoms with E-state index >= 15 is 0 Å². The number of aliphatic hydroxyl groups is 1. The largest absolute Gasteiger partial charge is 0.390 e. The van der Waals surface area contributed by atoms with E-state index < -0.39 is 0 Å². The zero-order valence-corrected chi connectivity index (χ0v) is 11.3. The van der Waals surface area contributed by atoms with Crippen molar-refractivity contribution in [2.24, 2.45) is 0 Å². The van der Waals surface area contributed by atoms with Gasteiger partial charge in [0, 0.05) is 11.3 Å². The van der Waals surface area contributed by atoms with Crippen LogP contribution >= 0.6 is 0 Å². The molecule has 20 heavy (non-hydrogen) atoms. The van der Waals surface area contributed by atoms with Crippen LogP contribution < -0.4 is 5.32 Å².